The van der Waals surface area contributed by atoms with Crippen LogP contribution in [0, 0.1) is 0 Å². The Kier molecular flexibility index (Phi) is 5.61. The van der Waals surface area contributed by atoms with Gasteiger partial charge in [0.25, 0.3) is 0 Å². The largest absolute Gasteiger partial charge is 0.452 e. The maximum Gasteiger partial charge on any atom is 0.180 e. The molecule has 0 saturated carbocycles. The molecule has 0 fully saturated rings. The minimum atomic E-state index is 0.620. The van der Waals surface area contributed by atoms with Gasteiger partial charge in [0, 0.05) is 37.7 Å². The smallest absolute Gasteiger partial charge is 0.180 e. The summed E-state index contributed by atoms with van der Waals surface area (Å²) in [6.07, 6.45) is 0. The van der Waals surface area contributed by atoms with Gasteiger partial charge in [-0.05, 0) is 24.3 Å². The van der Waals surface area contributed by atoms with Crippen molar-refractivity contribution < 1.29 is 4.42 Å². The molecule has 6 heteroatoms. The van der Waals surface area contributed by atoms with Crippen LogP contribution in [0.3, 0.4) is 0 Å². The Labute approximate surface area is 256 Å². The predicted octanol–water partition coefficient (Wildman–Crippen LogP) is 10.2. The van der Waals surface area contributed by atoms with Crippen LogP contribution in [0.4, 0.5) is 0 Å². The van der Waals surface area contributed by atoms with Gasteiger partial charge in [0.2, 0.25) is 0 Å². The van der Waals surface area contributed by atoms with Crippen LogP contribution in [0.1, 0.15) is 0 Å². The van der Waals surface area contributed by atoms with Crippen molar-refractivity contribution in [1.29, 1.82) is 0 Å². The summed E-state index contributed by atoms with van der Waals surface area (Å²) in [5, 5.41) is 2.10. The molecule has 0 bridgehead atoms. The molecule has 0 aliphatic rings. The van der Waals surface area contributed by atoms with Crippen molar-refractivity contribution in [3.05, 3.63) is 133 Å². The van der Waals surface area contributed by atoms with Crippen LogP contribution < -0.4 is 0 Å². The number of hydrogen-bond acceptors (Lipinski definition) is 6. The summed E-state index contributed by atoms with van der Waals surface area (Å²) in [6.45, 7) is 0. The molecule has 4 heterocycles. The highest BCUT2D eigenvalue weighted by atomic mass is 32.1. The zero-order valence-corrected chi connectivity index (χ0v) is 24.1. The number of fused-ring (bicyclic) bond motifs is 6. The van der Waals surface area contributed by atoms with Gasteiger partial charge in [0.05, 0.1) is 15.9 Å². The molecule has 0 atom stereocenters. The summed E-state index contributed by atoms with van der Waals surface area (Å²) < 4.78 is 8.59. The zero-order chi connectivity index (χ0) is 29.0. The molecule has 9 aromatic rings. The highest BCUT2D eigenvalue weighted by molar-refractivity contribution is 7.26. The summed E-state index contributed by atoms with van der Waals surface area (Å²) in [5.74, 6) is 1.29. The topological polar surface area (TPSA) is 64.7 Å². The maximum absolute atomic E-state index is 6.30. The van der Waals surface area contributed by atoms with E-state index in [4.69, 9.17) is 24.4 Å². The van der Waals surface area contributed by atoms with Gasteiger partial charge in [-0.2, -0.15) is 0 Å². The van der Waals surface area contributed by atoms with Crippen molar-refractivity contribution in [3.8, 4) is 45.3 Å². The van der Waals surface area contributed by atoms with Gasteiger partial charge in [-0.15, -0.1) is 11.3 Å². The predicted molar refractivity (Wildman–Crippen MR) is 180 cm³/mol. The quantitative estimate of drug-likeness (QED) is 0.207. The van der Waals surface area contributed by atoms with Gasteiger partial charge in [-0.25, -0.2) is 19.9 Å². The molecule has 0 N–H and O–H groups in total. The van der Waals surface area contributed by atoms with Gasteiger partial charge in [-0.1, -0.05) is 109 Å². The molecular weight excluding hydrogens is 561 g/mol. The summed E-state index contributed by atoms with van der Waals surface area (Å²) in [4.78, 5) is 20.4. The van der Waals surface area contributed by atoms with E-state index in [0.29, 0.717) is 17.2 Å². The lowest BCUT2D eigenvalue weighted by atomic mass is 10.1. The number of hydrogen-bond donors (Lipinski definition) is 0. The lowest BCUT2D eigenvalue weighted by molar-refractivity contribution is 0.667. The molecule has 44 heavy (non-hydrogen) atoms. The van der Waals surface area contributed by atoms with Crippen LogP contribution in [-0.2, 0) is 0 Å². The van der Waals surface area contributed by atoms with E-state index < -0.39 is 0 Å². The van der Waals surface area contributed by atoms with E-state index in [1.54, 1.807) is 11.3 Å². The lowest BCUT2D eigenvalue weighted by Crippen LogP contribution is -1.96. The molecule has 0 amide bonds. The Morgan fingerprint density at radius 3 is 1.77 bits per heavy atom. The molecule has 0 spiro atoms. The summed E-state index contributed by atoms with van der Waals surface area (Å²) in [6, 6.07) is 45.1. The van der Waals surface area contributed by atoms with Gasteiger partial charge in [0.15, 0.2) is 17.2 Å². The first-order chi connectivity index (χ1) is 21.8. The number of nitrogens with zero attached hydrogens (tertiary/aromatic N) is 4. The SMILES string of the molecule is c1ccc(-c2nc(-c3cccc(-c4nc(-c5ccccc5)c5sc6ccccc6c5n4)c3)nc3c2oc2ccccc23)cc1. The second-order valence-electron chi connectivity index (χ2n) is 10.7. The highest BCUT2D eigenvalue weighted by Crippen LogP contribution is 2.40. The number of benzene rings is 5. The second-order valence-corrected chi connectivity index (χ2v) is 11.7. The molecule has 0 unspecified atom stereocenters. The molecule has 0 radical (unpaired) electrons. The maximum atomic E-state index is 6.30. The molecule has 0 aliphatic carbocycles. The van der Waals surface area contributed by atoms with Crippen molar-refractivity contribution in [2.75, 3.05) is 0 Å². The van der Waals surface area contributed by atoms with Gasteiger partial charge >= 0.3 is 0 Å². The summed E-state index contributed by atoms with van der Waals surface area (Å²) >= 11 is 1.74. The average Bonchev–Trinajstić information content (AvgIpc) is 3.67. The number of rotatable bonds is 4. The Bertz CT molecular complexity index is 2330. The number of aromatic nitrogens is 4. The number of thiophene rings is 1. The van der Waals surface area contributed by atoms with Crippen molar-refractivity contribution >= 4 is 53.7 Å². The third-order valence-corrected chi connectivity index (χ3v) is 9.08. The van der Waals surface area contributed by atoms with E-state index in [2.05, 4.69) is 60.7 Å². The van der Waals surface area contributed by atoms with E-state index >= 15 is 0 Å². The summed E-state index contributed by atoms with van der Waals surface area (Å²) in [5.41, 5.74) is 8.76. The molecular formula is C38H22N4OS. The molecule has 0 saturated heterocycles. The average molecular weight is 583 g/mol. The third-order valence-electron chi connectivity index (χ3n) is 7.91. The van der Waals surface area contributed by atoms with E-state index in [-0.39, 0.29) is 0 Å². The van der Waals surface area contributed by atoms with Crippen LogP contribution >= 0.6 is 11.3 Å². The van der Waals surface area contributed by atoms with E-state index in [1.165, 1.54) is 4.70 Å². The minimum Gasteiger partial charge on any atom is -0.452 e. The van der Waals surface area contributed by atoms with Gasteiger partial charge in [-0.3, -0.25) is 0 Å². The normalized spacial score (nSPS) is 11.6. The Hall–Kier alpha value is -5.72. The van der Waals surface area contributed by atoms with E-state index in [1.807, 2.05) is 72.8 Å². The fourth-order valence-corrected chi connectivity index (χ4v) is 6.97. The number of para-hydroxylation sites is 1. The first-order valence-electron chi connectivity index (χ1n) is 14.4. The Balaban J connectivity index is 1.26. The highest BCUT2D eigenvalue weighted by Gasteiger charge is 2.20. The summed E-state index contributed by atoms with van der Waals surface area (Å²) in [7, 11) is 0. The molecule has 5 nitrogen and oxygen atoms in total. The van der Waals surface area contributed by atoms with Crippen LogP contribution in [0.25, 0.3) is 87.7 Å². The number of furan rings is 1. The minimum absolute atomic E-state index is 0.620. The Morgan fingerprint density at radius 1 is 0.455 bits per heavy atom. The molecule has 0 aliphatic heterocycles. The van der Waals surface area contributed by atoms with Crippen LogP contribution in [0.5, 0.6) is 0 Å². The lowest BCUT2D eigenvalue weighted by Gasteiger charge is -2.09. The second kappa shape index (κ2) is 9.93. The van der Waals surface area contributed by atoms with Crippen LogP contribution in [0.2, 0.25) is 0 Å². The first kappa shape index (κ1) is 24.8. The Morgan fingerprint density at radius 2 is 1.02 bits per heavy atom. The van der Waals surface area contributed by atoms with Crippen molar-refractivity contribution in [2.24, 2.45) is 0 Å². The first-order valence-corrected chi connectivity index (χ1v) is 15.2. The fraction of sp³-hybridized carbons (Fsp3) is 0. The van der Waals surface area contributed by atoms with Crippen molar-refractivity contribution in [2.45, 2.75) is 0 Å². The van der Waals surface area contributed by atoms with Crippen molar-refractivity contribution in [3.63, 3.8) is 0 Å². The van der Waals surface area contributed by atoms with E-state index in [0.717, 1.165) is 65.7 Å². The third kappa shape index (κ3) is 4.00. The fourth-order valence-electron chi connectivity index (χ4n) is 5.82. The van der Waals surface area contributed by atoms with E-state index in [9.17, 15) is 0 Å². The standard InChI is InChI=1S/C38H22N4OS/c1-3-12-23(13-4-1)31-35-33(27-18-7-9-20-29(27)43-35)41-37(39-31)25-16-11-17-26(22-25)38-40-32(24-14-5-2-6-15-24)36-34(42-38)28-19-8-10-21-30(28)44-36/h1-22H. The van der Waals surface area contributed by atoms with Crippen molar-refractivity contribution in [1.82, 2.24) is 19.9 Å². The monoisotopic (exact) mass is 582 g/mol. The molecule has 4 aromatic heterocycles. The zero-order valence-electron chi connectivity index (χ0n) is 23.3. The van der Waals surface area contributed by atoms with Gasteiger partial charge in [0.1, 0.15) is 16.8 Å². The molecule has 206 valence electrons. The van der Waals surface area contributed by atoms with Crippen LogP contribution in [0.15, 0.2) is 138 Å². The van der Waals surface area contributed by atoms with Gasteiger partial charge < -0.3 is 4.42 Å². The molecule has 5 aromatic carbocycles. The molecule has 9 rings (SSSR count). The van der Waals surface area contributed by atoms with Crippen LogP contribution in [-0.4, -0.2) is 19.9 Å².